The third kappa shape index (κ3) is 3.28. The van der Waals surface area contributed by atoms with Crippen molar-refractivity contribution >= 4 is 13.3 Å². The molecule has 0 aliphatic heterocycles. The van der Waals surface area contributed by atoms with E-state index in [2.05, 4.69) is 73.5 Å². The zero-order valence-corrected chi connectivity index (χ0v) is 14.3. The van der Waals surface area contributed by atoms with Crippen LogP contribution in [0.3, 0.4) is 0 Å². The van der Waals surface area contributed by atoms with Crippen LogP contribution in [0.1, 0.15) is 29.2 Å². The van der Waals surface area contributed by atoms with Crippen LogP contribution in [0.4, 0.5) is 0 Å². The van der Waals surface area contributed by atoms with Crippen molar-refractivity contribution in [3.8, 4) is 0 Å². The lowest BCUT2D eigenvalue weighted by atomic mass is 10.1. The molecule has 2 heteroatoms. The second-order valence-electron chi connectivity index (χ2n) is 7.12. The van der Waals surface area contributed by atoms with Crippen molar-refractivity contribution in [2.24, 2.45) is 0 Å². The molecule has 3 rings (SSSR count). The lowest BCUT2D eigenvalue weighted by Crippen LogP contribution is -2.37. The van der Waals surface area contributed by atoms with Crippen molar-refractivity contribution in [3.05, 3.63) is 65.2 Å². The molecular formula is C19H25NSi. The number of rotatable bonds is 4. The molecule has 0 amide bonds. The number of hydrogen-bond donors (Lipinski definition) is 1. The lowest BCUT2D eigenvalue weighted by Gasteiger charge is -2.18. The fourth-order valence-electron chi connectivity index (χ4n) is 3.13. The zero-order chi connectivity index (χ0) is 14.9. The molecule has 1 nitrogen and oxygen atoms in total. The molecule has 110 valence electrons. The normalized spacial score (nSPS) is 17.8. The molecule has 1 atom stereocenters. The Bertz CT molecular complexity index is 610. The van der Waals surface area contributed by atoms with Crippen LogP contribution >= 0.6 is 0 Å². The van der Waals surface area contributed by atoms with E-state index in [9.17, 15) is 0 Å². The van der Waals surface area contributed by atoms with Crippen LogP contribution in [0.25, 0.3) is 0 Å². The Kier molecular flexibility index (Phi) is 4.00. The Morgan fingerprint density at radius 3 is 2.43 bits per heavy atom. The lowest BCUT2D eigenvalue weighted by molar-refractivity contribution is 0.530. The summed E-state index contributed by atoms with van der Waals surface area (Å²) in [4.78, 5) is 0. The van der Waals surface area contributed by atoms with Gasteiger partial charge in [-0.1, -0.05) is 73.4 Å². The molecule has 0 spiro atoms. The highest BCUT2D eigenvalue weighted by atomic mass is 28.3. The smallest absolute Gasteiger partial charge is 0.0775 e. The van der Waals surface area contributed by atoms with Crippen molar-refractivity contribution < 1.29 is 0 Å². The van der Waals surface area contributed by atoms with Gasteiger partial charge in [-0.3, -0.25) is 0 Å². The predicted molar refractivity (Wildman–Crippen MR) is 93.8 cm³/mol. The molecule has 0 fully saturated rings. The first kappa shape index (κ1) is 14.5. The molecule has 0 aromatic heterocycles. The molecule has 0 saturated heterocycles. The van der Waals surface area contributed by atoms with Crippen LogP contribution in [0, 0.1) is 0 Å². The second-order valence-corrected chi connectivity index (χ2v) is 12.2. The molecule has 1 N–H and O–H groups in total. The molecule has 0 bridgehead atoms. The average Bonchev–Trinajstić information content (AvgIpc) is 2.88. The van der Waals surface area contributed by atoms with Crippen LogP contribution < -0.4 is 10.5 Å². The molecule has 1 aliphatic rings. The van der Waals surface area contributed by atoms with Gasteiger partial charge in [0.25, 0.3) is 0 Å². The van der Waals surface area contributed by atoms with Crippen LogP contribution in [0.5, 0.6) is 0 Å². The van der Waals surface area contributed by atoms with Crippen molar-refractivity contribution in [3.63, 3.8) is 0 Å². The molecule has 0 saturated carbocycles. The van der Waals surface area contributed by atoms with Gasteiger partial charge in [-0.15, -0.1) is 0 Å². The molecule has 21 heavy (non-hydrogen) atoms. The highest BCUT2D eigenvalue weighted by Gasteiger charge is 2.21. The molecule has 2 aromatic carbocycles. The van der Waals surface area contributed by atoms with E-state index >= 15 is 0 Å². The Morgan fingerprint density at radius 2 is 1.71 bits per heavy atom. The molecule has 0 radical (unpaired) electrons. The zero-order valence-electron chi connectivity index (χ0n) is 13.3. The maximum absolute atomic E-state index is 3.72. The summed E-state index contributed by atoms with van der Waals surface area (Å²) < 4.78 is 0. The van der Waals surface area contributed by atoms with E-state index in [-0.39, 0.29) is 0 Å². The maximum atomic E-state index is 3.72. The van der Waals surface area contributed by atoms with Gasteiger partial charge < -0.3 is 5.32 Å². The van der Waals surface area contributed by atoms with Gasteiger partial charge in [0.1, 0.15) is 0 Å². The second kappa shape index (κ2) is 5.78. The van der Waals surface area contributed by atoms with Crippen LogP contribution in [0.15, 0.2) is 48.5 Å². The Hall–Kier alpha value is -1.38. The monoisotopic (exact) mass is 295 g/mol. The minimum Gasteiger partial charge on any atom is -0.306 e. The highest BCUT2D eigenvalue weighted by molar-refractivity contribution is 6.88. The average molecular weight is 296 g/mol. The standard InChI is InChI=1S/C19H25NSi/c1-21(2,3)17-11-8-15(9-12-17)14-20-19-13-10-16-6-4-5-7-18(16)19/h4-9,11-12,19-20H,10,13-14H2,1-3H3. The fourth-order valence-corrected chi connectivity index (χ4v) is 4.30. The highest BCUT2D eigenvalue weighted by Crippen LogP contribution is 2.30. The summed E-state index contributed by atoms with van der Waals surface area (Å²) >= 11 is 0. The number of aryl methyl sites for hydroxylation is 1. The van der Waals surface area contributed by atoms with Gasteiger partial charge in [0.15, 0.2) is 0 Å². The summed E-state index contributed by atoms with van der Waals surface area (Å²) in [6.07, 6.45) is 2.44. The Balaban J connectivity index is 1.64. The van der Waals surface area contributed by atoms with Crippen molar-refractivity contribution in [1.29, 1.82) is 0 Å². The Labute approximate surface area is 129 Å². The van der Waals surface area contributed by atoms with Crippen LogP contribution in [-0.2, 0) is 13.0 Å². The largest absolute Gasteiger partial charge is 0.306 e. The van der Waals surface area contributed by atoms with Gasteiger partial charge in [-0.05, 0) is 29.5 Å². The van der Waals surface area contributed by atoms with E-state index in [0.29, 0.717) is 6.04 Å². The van der Waals surface area contributed by atoms with Crippen molar-refractivity contribution in [1.82, 2.24) is 5.32 Å². The minimum absolute atomic E-state index is 0.526. The molecule has 1 unspecified atom stereocenters. The van der Waals surface area contributed by atoms with Gasteiger partial charge in [0, 0.05) is 12.6 Å². The number of nitrogens with one attached hydrogen (secondary N) is 1. The number of benzene rings is 2. The fraction of sp³-hybridized carbons (Fsp3) is 0.368. The quantitative estimate of drug-likeness (QED) is 0.840. The van der Waals surface area contributed by atoms with E-state index in [1.54, 1.807) is 0 Å². The van der Waals surface area contributed by atoms with E-state index in [1.807, 2.05) is 0 Å². The van der Waals surface area contributed by atoms with Crippen molar-refractivity contribution in [2.45, 2.75) is 45.1 Å². The molecule has 0 heterocycles. The SMILES string of the molecule is C[Si](C)(C)c1ccc(CNC2CCc3ccccc32)cc1. The first-order chi connectivity index (χ1) is 10.0. The topological polar surface area (TPSA) is 12.0 Å². The van der Waals surface area contributed by atoms with Gasteiger partial charge in [0.05, 0.1) is 8.07 Å². The first-order valence-corrected chi connectivity index (χ1v) is 11.4. The predicted octanol–water partition coefficient (Wildman–Crippen LogP) is 4.01. The van der Waals surface area contributed by atoms with E-state index in [4.69, 9.17) is 0 Å². The summed E-state index contributed by atoms with van der Waals surface area (Å²) in [6, 6.07) is 18.6. The summed E-state index contributed by atoms with van der Waals surface area (Å²) in [6.45, 7) is 8.16. The third-order valence-corrected chi connectivity index (χ3v) is 6.57. The van der Waals surface area contributed by atoms with Gasteiger partial charge in [-0.25, -0.2) is 0 Å². The first-order valence-electron chi connectivity index (χ1n) is 7.94. The van der Waals surface area contributed by atoms with Gasteiger partial charge in [-0.2, -0.15) is 0 Å². The summed E-state index contributed by atoms with van der Waals surface area (Å²) in [5, 5.41) is 5.26. The van der Waals surface area contributed by atoms with Gasteiger partial charge >= 0.3 is 0 Å². The third-order valence-electron chi connectivity index (χ3n) is 4.51. The van der Waals surface area contributed by atoms with Crippen LogP contribution in [0.2, 0.25) is 19.6 Å². The van der Waals surface area contributed by atoms with E-state index < -0.39 is 8.07 Å². The van der Waals surface area contributed by atoms with Crippen LogP contribution in [-0.4, -0.2) is 8.07 Å². The molecule has 2 aromatic rings. The van der Waals surface area contributed by atoms with Gasteiger partial charge in [0.2, 0.25) is 0 Å². The summed E-state index contributed by atoms with van der Waals surface area (Å²) in [5.74, 6) is 0. The van der Waals surface area contributed by atoms with Crippen molar-refractivity contribution in [2.75, 3.05) is 0 Å². The molecule has 1 aliphatic carbocycles. The number of fused-ring (bicyclic) bond motifs is 1. The minimum atomic E-state index is -1.17. The summed E-state index contributed by atoms with van der Waals surface area (Å²) in [7, 11) is -1.17. The number of hydrogen-bond acceptors (Lipinski definition) is 1. The maximum Gasteiger partial charge on any atom is 0.0775 e. The van der Waals surface area contributed by atoms with E-state index in [0.717, 1.165) is 6.54 Å². The molecular weight excluding hydrogens is 270 g/mol. The summed E-state index contributed by atoms with van der Waals surface area (Å²) in [5.41, 5.74) is 4.40. The Morgan fingerprint density at radius 1 is 1.00 bits per heavy atom. The van der Waals surface area contributed by atoms with E-state index in [1.165, 1.54) is 34.7 Å².